The van der Waals surface area contributed by atoms with Crippen LogP contribution < -0.4 is 5.32 Å². The zero-order chi connectivity index (χ0) is 12.3. The predicted molar refractivity (Wildman–Crippen MR) is 68.8 cm³/mol. The van der Waals surface area contributed by atoms with Crippen molar-refractivity contribution in [1.82, 2.24) is 0 Å². The number of hydrogen-bond acceptors (Lipinski definition) is 3. The van der Waals surface area contributed by atoms with Gasteiger partial charge in [-0.3, -0.25) is 4.79 Å². The third kappa shape index (κ3) is 2.35. The lowest BCUT2D eigenvalue weighted by Crippen LogP contribution is -2.06. The maximum Gasteiger partial charge on any atom is 0.221 e. The summed E-state index contributed by atoms with van der Waals surface area (Å²) in [7, 11) is 0. The Morgan fingerprint density at radius 2 is 2.06 bits per heavy atom. The van der Waals surface area contributed by atoms with E-state index in [1.807, 2.05) is 35.7 Å². The fourth-order valence-electron chi connectivity index (χ4n) is 1.57. The van der Waals surface area contributed by atoms with Crippen LogP contribution >= 0.6 is 11.3 Å². The molecule has 0 fully saturated rings. The van der Waals surface area contributed by atoms with Gasteiger partial charge in [0.25, 0.3) is 0 Å². The first-order valence-corrected chi connectivity index (χ1v) is 5.95. The summed E-state index contributed by atoms with van der Waals surface area (Å²) in [5, 5.41) is 13.6. The van der Waals surface area contributed by atoms with Gasteiger partial charge >= 0.3 is 0 Å². The van der Waals surface area contributed by atoms with E-state index in [-0.39, 0.29) is 5.91 Å². The maximum absolute atomic E-state index is 11.1. The summed E-state index contributed by atoms with van der Waals surface area (Å²) in [4.78, 5) is 11.7. The molecule has 1 heterocycles. The van der Waals surface area contributed by atoms with Crippen molar-refractivity contribution in [3.8, 4) is 17.2 Å². The fourth-order valence-corrected chi connectivity index (χ4v) is 2.39. The quantitative estimate of drug-likeness (QED) is 0.878. The van der Waals surface area contributed by atoms with E-state index >= 15 is 0 Å². The van der Waals surface area contributed by atoms with Crippen LogP contribution in [0.4, 0.5) is 5.69 Å². The van der Waals surface area contributed by atoms with Crippen LogP contribution in [0.25, 0.3) is 11.1 Å². The van der Waals surface area contributed by atoms with Crippen molar-refractivity contribution in [1.29, 1.82) is 5.26 Å². The number of benzene rings is 1. The van der Waals surface area contributed by atoms with Gasteiger partial charge in [-0.2, -0.15) is 5.26 Å². The maximum atomic E-state index is 11.1. The summed E-state index contributed by atoms with van der Waals surface area (Å²) in [6.07, 6.45) is 0. The second-order valence-electron chi connectivity index (χ2n) is 3.51. The smallest absolute Gasteiger partial charge is 0.221 e. The Bertz CT molecular complexity index is 581. The topological polar surface area (TPSA) is 52.9 Å². The van der Waals surface area contributed by atoms with Gasteiger partial charge in [0.15, 0.2) is 0 Å². The largest absolute Gasteiger partial charge is 0.324 e. The van der Waals surface area contributed by atoms with Crippen molar-refractivity contribution < 1.29 is 4.79 Å². The summed E-state index contributed by atoms with van der Waals surface area (Å²) in [6, 6.07) is 11.8. The van der Waals surface area contributed by atoms with Crippen LogP contribution in [0.15, 0.2) is 35.7 Å². The molecule has 0 radical (unpaired) electrons. The third-order valence-electron chi connectivity index (χ3n) is 2.28. The molecule has 84 valence electrons. The number of nitrogens with zero attached hydrogens (tertiary/aromatic N) is 1. The molecular weight excluding hydrogens is 232 g/mol. The van der Waals surface area contributed by atoms with Crippen LogP contribution in [0.5, 0.6) is 0 Å². The van der Waals surface area contributed by atoms with Crippen molar-refractivity contribution in [3.63, 3.8) is 0 Å². The highest BCUT2D eigenvalue weighted by Crippen LogP contribution is 2.35. The van der Waals surface area contributed by atoms with Crippen LogP contribution in [0, 0.1) is 11.3 Å². The molecule has 2 rings (SSSR count). The SMILES string of the molecule is CC(=O)Nc1c(-c2ccccc2)csc1C#N. The minimum atomic E-state index is -0.169. The number of amides is 1. The van der Waals surface area contributed by atoms with Crippen molar-refractivity contribution in [2.75, 3.05) is 5.32 Å². The highest BCUT2D eigenvalue weighted by molar-refractivity contribution is 7.11. The molecule has 1 aromatic heterocycles. The molecular formula is C13H10N2OS. The first-order valence-electron chi connectivity index (χ1n) is 5.07. The van der Waals surface area contributed by atoms with E-state index in [1.165, 1.54) is 18.3 Å². The van der Waals surface area contributed by atoms with Crippen molar-refractivity contribution in [2.45, 2.75) is 6.92 Å². The van der Waals surface area contributed by atoms with Gasteiger partial charge in [-0.05, 0) is 5.56 Å². The Morgan fingerprint density at radius 1 is 1.35 bits per heavy atom. The molecule has 1 aromatic carbocycles. The molecule has 3 nitrogen and oxygen atoms in total. The van der Waals surface area contributed by atoms with Gasteiger partial charge < -0.3 is 5.32 Å². The Morgan fingerprint density at radius 3 is 2.65 bits per heavy atom. The number of nitriles is 1. The number of carbonyl (C=O) groups is 1. The van der Waals surface area contributed by atoms with Crippen molar-refractivity contribution in [2.24, 2.45) is 0 Å². The lowest BCUT2D eigenvalue weighted by atomic mass is 10.1. The second-order valence-corrected chi connectivity index (χ2v) is 4.39. The lowest BCUT2D eigenvalue weighted by Gasteiger charge is -2.05. The third-order valence-corrected chi connectivity index (χ3v) is 3.16. The Hall–Kier alpha value is -2.12. The lowest BCUT2D eigenvalue weighted by molar-refractivity contribution is -0.114. The van der Waals surface area contributed by atoms with E-state index in [0.29, 0.717) is 10.6 Å². The number of rotatable bonds is 2. The Kier molecular flexibility index (Phi) is 3.22. The van der Waals surface area contributed by atoms with E-state index in [4.69, 9.17) is 5.26 Å². The van der Waals surface area contributed by atoms with Crippen LogP contribution in [-0.4, -0.2) is 5.91 Å². The summed E-state index contributed by atoms with van der Waals surface area (Å²) < 4.78 is 0. The minimum Gasteiger partial charge on any atom is -0.324 e. The summed E-state index contributed by atoms with van der Waals surface area (Å²) in [5.41, 5.74) is 2.49. The molecule has 2 aromatic rings. The number of hydrogen-bond donors (Lipinski definition) is 1. The number of carbonyl (C=O) groups excluding carboxylic acids is 1. The fraction of sp³-hybridized carbons (Fsp3) is 0.0769. The molecule has 0 atom stereocenters. The number of anilines is 1. The predicted octanol–water partition coefficient (Wildman–Crippen LogP) is 3.25. The Labute approximate surface area is 103 Å². The highest BCUT2D eigenvalue weighted by atomic mass is 32.1. The van der Waals surface area contributed by atoms with E-state index in [2.05, 4.69) is 11.4 Å². The van der Waals surface area contributed by atoms with Gasteiger partial charge in [0.2, 0.25) is 5.91 Å². The molecule has 0 bridgehead atoms. The summed E-state index contributed by atoms with van der Waals surface area (Å²) in [5.74, 6) is -0.169. The second kappa shape index (κ2) is 4.81. The van der Waals surface area contributed by atoms with Gasteiger partial charge in [0.05, 0.1) is 5.69 Å². The van der Waals surface area contributed by atoms with Gasteiger partial charge in [0.1, 0.15) is 10.9 Å². The highest BCUT2D eigenvalue weighted by Gasteiger charge is 2.13. The molecule has 4 heteroatoms. The minimum absolute atomic E-state index is 0.169. The van der Waals surface area contributed by atoms with Crippen LogP contribution in [0.2, 0.25) is 0 Å². The van der Waals surface area contributed by atoms with Crippen LogP contribution in [0.3, 0.4) is 0 Å². The molecule has 0 aliphatic heterocycles. The number of thiophene rings is 1. The average Bonchev–Trinajstić information content (AvgIpc) is 2.72. The molecule has 0 saturated carbocycles. The van der Waals surface area contributed by atoms with E-state index < -0.39 is 0 Å². The van der Waals surface area contributed by atoms with Crippen molar-refractivity contribution in [3.05, 3.63) is 40.6 Å². The summed E-state index contributed by atoms with van der Waals surface area (Å²) >= 11 is 1.34. The molecule has 1 N–H and O–H groups in total. The van der Waals surface area contributed by atoms with Gasteiger partial charge in [-0.15, -0.1) is 11.3 Å². The first-order chi connectivity index (χ1) is 8.22. The van der Waals surface area contributed by atoms with Crippen LogP contribution in [0.1, 0.15) is 11.8 Å². The van der Waals surface area contributed by atoms with Crippen molar-refractivity contribution >= 4 is 22.9 Å². The normalized spacial score (nSPS) is 9.65. The molecule has 0 saturated heterocycles. The first kappa shape index (κ1) is 11.4. The zero-order valence-electron chi connectivity index (χ0n) is 9.23. The van der Waals surface area contributed by atoms with Gasteiger partial charge in [0, 0.05) is 17.9 Å². The molecule has 1 amide bonds. The molecule has 17 heavy (non-hydrogen) atoms. The zero-order valence-corrected chi connectivity index (χ0v) is 10.0. The van der Waals surface area contributed by atoms with Crippen LogP contribution in [-0.2, 0) is 4.79 Å². The van der Waals surface area contributed by atoms with E-state index in [9.17, 15) is 4.79 Å². The number of nitrogens with one attached hydrogen (secondary N) is 1. The standard InChI is InChI=1S/C13H10N2OS/c1-9(16)15-13-11(8-17-12(13)7-14)10-5-3-2-4-6-10/h2-6,8H,1H3,(H,15,16). The molecule has 0 unspecified atom stereocenters. The van der Waals surface area contributed by atoms with E-state index in [1.54, 1.807) is 0 Å². The molecule has 0 spiro atoms. The summed E-state index contributed by atoms with van der Waals surface area (Å²) in [6.45, 7) is 1.44. The van der Waals surface area contributed by atoms with Gasteiger partial charge in [-0.25, -0.2) is 0 Å². The molecule has 0 aliphatic rings. The molecule has 0 aliphatic carbocycles. The van der Waals surface area contributed by atoms with E-state index in [0.717, 1.165) is 11.1 Å². The van der Waals surface area contributed by atoms with Gasteiger partial charge in [-0.1, -0.05) is 30.3 Å². The average molecular weight is 242 g/mol. The monoisotopic (exact) mass is 242 g/mol. The Balaban J connectivity index is 2.52.